The molecule has 114 valence electrons. The van der Waals surface area contributed by atoms with E-state index in [2.05, 4.69) is 10.1 Å². The predicted octanol–water partition coefficient (Wildman–Crippen LogP) is 3.11. The second-order valence-corrected chi connectivity index (χ2v) is 7.31. The maximum Gasteiger partial charge on any atom is 0.261 e. The average Bonchev–Trinajstić information content (AvgIpc) is 2.84. The highest BCUT2D eigenvalue weighted by Gasteiger charge is 2.17. The van der Waals surface area contributed by atoms with Gasteiger partial charge in [-0.3, -0.25) is 0 Å². The van der Waals surface area contributed by atoms with E-state index < -0.39 is 9.05 Å². The first-order valence-electron chi connectivity index (χ1n) is 5.76. The standard InChI is InChI=1S/C11H10Cl3N3O3S/c1-2-17-10(15-6-16-17)5-20-11-8(12)3-7(4-9(11)13)21(14,18)19/h3-4,6H,2,5H2,1H3. The summed E-state index contributed by atoms with van der Waals surface area (Å²) < 4.78 is 29.7. The minimum atomic E-state index is -3.91. The lowest BCUT2D eigenvalue weighted by molar-refractivity contribution is 0.287. The van der Waals surface area contributed by atoms with Crippen LogP contribution in [-0.4, -0.2) is 23.2 Å². The van der Waals surface area contributed by atoms with Gasteiger partial charge in [-0.15, -0.1) is 0 Å². The minimum Gasteiger partial charge on any atom is -0.482 e. The maximum atomic E-state index is 11.3. The molecule has 2 aromatic rings. The van der Waals surface area contributed by atoms with E-state index in [4.69, 9.17) is 38.6 Å². The summed E-state index contributed by atoms with van der Waals surface area (Å²) in [6.07, 6.45) is 1.41. The van der Waals surface area contributed by atoms with Crippen molar-refractivity contribution in [3.63, 3.8) is 0 Å². The van der Waals surface area contributed by atoms with Crippen LogP contribution >= 0.6 is 33.9 Å². The van der Waals surface area contributed by atoms with Crippen molar-refractivity contribution >= 4 is 42.9 Å². The highest BCUT2D eigenvalue weighted by atomic mass is 35.7. The minimum absolute atomic E-state index is 0.0456. The molecule has 1 aromatic heterocycles. The predicted molar refractivity (Wildman–Crippen MR) is 79.5 cm³/mol. The monoisotopic (exact) mass is 369 g/mol. The van der Waals surface area contributed by atoms with E-state index in [0.717, 1.165) is 0 Å². The molecule has 0 aliphatic carbocycles. The fraction of sp³-hybridized carbons (Fsp3) is 0.273. The van der Waals surface area contributed by atoms with Gasteiger partial charge in [0.1, 0.15) is 12.9 Å². The van der Waals surface area contributed by atoms with Crippen molar-refractivity contribution in [1.29, 1.82) is 0 Å². The summed E-state index contributed by atoms with van der Waals surface area (Å²) in [5.41, 5.74) is 0. The van der Waals surface area contributed by atoms with Gasteiger partial charge >= 0.3 is 0 Å². The van der Waals surface area contributed by atoms with Gasteiger partial charge in [0.15, 0.2) is 11.6 Å². The molecule has 0 N–H and O–H groups in total. The fourth-order valence-corrected chi connectivity index (χ4v) is 3.13. The van der Waals surface area contributed by atoms with E-state index in [1.54, 1.807) is 4.68 Å². The Bertz CT molecular complexity index is 738. The molecule has 0 unspecified atom stereocenters. The molecule has 0 amide bonds. The highest BCUT2D eigenvalue weighted by Crippen LogP contribution is 2.36. The van der Waals surface area contributed by atoms with Crippen LogP contribution < -0.4 is 4.74 Å². The van der Waals surface area contributed by atoms with Crippen molar-refractivity contribution < 1.29 is 13.2 Å². The maximum absolute atomic E-state index is 11.3. The smallest absolute Gasteiger partial charge is 0.261 e. The second kappa shape index (κ2) is 6.39. The highest BCUT2D eigenvalue weighted by molar-refractivity contribution is 8.13. The fourth-order valence-electron chi connectivity index (χ4n) is 1.62. The quantitative estimate of drug-likeness (QED) is 0.756. The van der Waals surface area contributed by atoms with E-state index in [9.17, 15) is 8.42 Å². The zero-order chi connectivity index (χ0) is 15.6. The molecule has 0 atom stereocenters. The molecule has 1 aromatic carbocycles. The molecule has 10 heteroatoms. The van der Waals surface area contributed by atoms with Crippen molar-refractivity contribution in [2.24, 2.45) is 0 Å². The van der Waals surface area contributed by atoms with E-state index in [0.29, 0.717) is 12.4 Å². The van der Waals surface area contributed by atoms with E-state index in [1.165, 1.54) is 18.5 Å². The van der Waals surface area contributed by atoms with Crippen LogP contribution in [0.15, 0.2) is 23.4 Å². The summed E-state index contributed by atoms with van der Waals surface area (Å²) in [5.74, 6) is 0.756. The lowest BCUT2D eigenvalue weighted by Crippen LogP contribution is -2.07. The number of aromatic nitrogens is 3. The Labute approximate surface area is 136 Å². The molecule has 0 spiro atoms. The van der Waals surface area contributed by atoms with Gasteiger partial charge in [-0.1, -0.05) is 23.2 Å². The van der Waals surface area contributed by atoms with Gasteiger partial charge in [0, 0.05) is 17.2 Å². The van der Waals surface area contributed by atoms with Gasteiger partial charge < -0.3 is 4.74 Å². The molecule has 21 heavy (non-hydrogen) atoms. The number of nitrogens with zero attached hydrogens (tertiary/aromatic N) is 3. The molecule has 0 radical (unpaired) electrons. The Balaban J connectivity index is 2.25. The number of rotatable bonds is 5. The van der Waals surface area contributed by atoms with Gasteiger partial charge in [0.25, 0.3) is 9.05 Å². The molecule has 0 bridgehead atoms. The lowest BCUT2D eigenvalue weighted by Gasteiger charge is -2.11. The first-order valence-corrected chi connectivity index (χ1v) is 8.82. The van der Waals surface area contributed by atoms with Crippen LogP contribution in [-0.2, 0) is 22.2 Å². The van der Waals surface area contributed by atoms with Crippen LogP contribution in [0.1, 0.15) is 12.7 Å². The topological polar surface area (TPSA) is 74.1 Å². The zero-order valence-corrected chi connectivity index (χ0v) is 13.8. The van der Waals surface area contributed by atoms with Gasteiger partial charge in [0.05, 0.1) is 14.9 Å². The molecule has 0 saturated carbocycles. The third kappa shape index (κ3) is 3.79. The summed E-state index contributed by atoms with van der Waals surface area (Å²) >= 11 is 12.0. The van der Waals surface area contributed by atoms with Gasteiger partial charge in [-0.05, 0) is 19.1 Å². The summed E-state index contributed by atoms with van der Waals surface area (Å²) in [6, 6.07) is 2.35. The van der Waals surface area contributed by atoms with Crippen LogP contribution in [0.2, 0.25) is 10.0 Å². The van der Waals surface area contributed by atoms with Crippen LogP contribution in [0.5, 0.6) is 5.75 Å². The first-order chi connectivity index (χ1) is 9.82. The Hall–Kier alpha value is -1.02. The molecule has 0 aliphatic rings. The lowest BCUT2D eigenvalue weighted by atomic mass is 10.3. The molecule has 0 saturated heterocycles. The molecular weight excluding hydrogens is 361 g/mol. The van der Waals surface area contributed by atoms with Gasteiger partial charge in [-0.25, -0.2) is 18.1 Å². The van der Waals surface area contributed by atoms with Crippen molar-refractivity contribution in [2.45, 2.75) is 25.0 Å². The second-order valence-electron chi connectivity index (χ2n) is 3.93. The Morgan fingerprint density at radius 2 is 1.90 bits per heavy atom. The third-order valence-corrected chi connectivity index (χ3v) is 4.49. The average molecular weight is 371 g/mol. The van der Waals surface area contributed by atoms with Gasteiger partial charge in [0.2, 0.25) is 0 Å². The number of aryl methyl sites for hydroxylation is 1. The normalized spacial score (nSPS) is 11.6. The van der Waals surface area contributed by atoms with E-state index in [1.807, 2.05) is 6.92 Å². The Morgan fingerprint density at radius 3 is 2.43 bits per heavy atom. The summed E-state index contributed by atoms with van der Waals surface area (Å²) in [7, 11) is 1.33. The summed E-state index contributed by atoms with van der Waals surface area (Å²) in [6.45, 7) is 2.65. The number of hydrogen-bond acceptors (Lipinski definition) is 5. The van der Waals surface area contributed by atoms with Crippen LogP contribution in [0.3, 0.4) is 0 Å². The van der Waals surface area contributed by atoms with Crippen molar-refractivity contribution in [2.75, 3.05) is 0 Å². The molecule has 6 nitrogen and oxygen atoms in total. The summed E-state index contributed by atoms with van der Waals surface area (Å²) in [5, 5.41) is 4.09. The van der Waals surface area contributed by atoms with E-state index in [-0.39, 0.29) is 27.3 Å². The van der Waals surface area contributed by atoms with Crippen LogP contribution in [0.4, 0.5) is 0 Å². The van der Waals surface area contributed by atoms with Crippen molar-refractivity contribution in [3.8, 4) is 5.75 Å². The number of ether oxygens (including phenoxy) is 1. The molecule has 1 heterocycles. The first kappa shape index (κ1) is 16.4. The largest absolute Gasteiger partial charge is 0.482 e. The number of halogens is 3. The number of benzene rings is 1. The zero-order valence-electron chi connectivity index (χ0n) is 10.8. The summed E-state index contributed by atoms with van der Waals surface area (Å²) in [4.78, 5) is 3.85. The molecule has 0 aliphatic heterocycles. The Kier molecular flexibility index (Phi) is 4.98. The molecule has 0 fully saturated rings. The van der Waals surface area contributed by atoms with Crippen LogP contribution in [0, 0.1) is 0 Å². The molecule has 2 rings (SSSR count). The van der Waals surface area contributed by atoms with Gasteiger partial charge in [-0.2, -0.15) is 5.10 Å². The van der Waals surface area contributed by atoms with Crippen molar-refractivity contribution in [1.82, 2.24) is 14.8 Å². The van der Waals surface area contributed by atoms with E-state index >= 15 is 0 Å². The molecular formula is C11H10Cl3N3O3S. The number of hydrogen-bond donors (Lipinski definition) is 0. The SMILES string of the molecule is CCn1ncnc1COc1c(Cl)cc(S(=O)(=O)Cl)cc1Cl. The third-order valence-electron chi connectivity index (χ3n) is 2.59. The van der Waals surface area contributed by atoms with Crippen LogP contribution in [0.25, 0.3) is 0 Å². The Morgan fingerprint density at radius 1 is 1.29 bits per heavy atom. The van der Waals surface area contributed by atoms with Crippen molar-refractivity contribution in [3.05, 3.63) is 34.3 Å².